The van der Waals surface area contributed by atoms with Gasteiger partial charge in [0.25, 0.3) is 0 Å². The molecule has 0 bridgehead atoms. The van der Waals surface area contributed by atoms with Crippen LogP contribution in [0, 0.1) is 0 Å². The largest absolute Gasteiger partial charge is 0.474 e. The maximum absolute atomic E-state index is 10.6. The van der Waals surface area contributed by atoms with Crippen molar-refractivity contribution in [2.24, 2.45) is 0 Å². The summed E-state index contributed by atoms with van der Waals surface area (Å²) >= 11 is 0. The van der Waals surface area contributed by atoms with Crippen molar-refractivity contribution in [1.29, 1.82) is 0 Å². The SMILES string of the molecule is Nc1ccc(NC(=O)C(=O)O)cn1. The van der Waals surface area contributed by atoms with Crippen LogP contribution in [0.2, 0.25) is 0 Å². The summed E-state index contributed by atoms with van der Waals surface area (Å²) in [6.07, 6.45) is 1.27. The lowest BCUT2D eigenvalue weighted by Crippen LogP contribution is -2.21. The number of aliphatic carboxylic acids is 1. The van der Waals surface area contributed by atoms with Crippen LogP contribution < -0.4 is 11.1 Å². The van der Waals surface area contributed by atoms with Crippen LogP contribution in [-0.2, 0) is 9.59 Å². The van der Waals surface area contributed by atoms with E-state index in [0.717, 1.165) is 0 Å². The van der Waals surface area contributed by atoms with E-state index in [1.807, 2.05) is 0 Å². The van der Waals surface area contributed by atoms with Crippen molar-refractivity contribution in [3.05, 3.63) is 18.3 Å². The molecule has 0 aromatic carbocycles. The molecule has 1 aromatic rings. The molecule has 0 radical (unpaired) electrons. The monoisotopic (exact) mass is 181 g/mol. The molecule has 13 heavy (non-hydrogen) atoms. The number of carbonyl (C=O) groups is 2. The van der Waals surface area contributed by atoms with Gasteiger partial charge >= 0.3 is 11.9 Å². The fourth-order valence-electron chi connectivity index (χ4n) is 0.664. The van der Waals surface area contributed by atoms with Gasteiger partial charge in [-0.05, 0) is 12.1 Å². The van der Waals surface area contributed by atoms with Crippen molar-refractivity contribution in [2.45, 2.75) is 0 Å². The molecule has 0 saturated heterocycles. The molecule has 0 aliphatic rings. The van der Waals surface area contributed by atoms with Crippen molar-refractivity contribution in [3.63, 3.8) is 0 Å². The lowest BCUT2D eigenvalue weighted by atomic mass is 10.4. The second-order valence-electron chi connectivity index (χ2n) is 2.23. The minimum Gasteiger partial charge on any atom is -0.474 e. The molecule has 0 spiro atoms. The second-order valence-corrected chi connectivity index (χ2v) is 2.23. The van der Waals surface area contributed by atoms with Crippen molar-refractivity contribution in [1.82, 2.24) is 4.98 Å². The van der Waals surface area contributed by atoms with Gasteiger partial charge in [0.1, 0.15) is 5.82 Å². The van der Waals surface area contributed by atoms with Crippen LogP contribution in [0.15, 0.2) is 18.3 Å². The van der Waals surface area contributed by atoms with E-state index in [-0.39, 0.29) is 0 Å². The van der Waals surface area contributed by atoms with Crippen molar-refractivity contribution >= 4 is 23.4 Å². The average molecular weight is 181 g/mol. The van der Waals surface area contributed by atoms with Gasteiger partial charge in [0.15, 0.2) is 0 Å². The van der Waals surface area contributed by atoms with Crippen molar-refractivity contribution in [2.75, 3.05) is 11.1 Å². The number of amides is 1. The van der Waals surface area contributed by atoms with E-state index in [4.69, 9.17) is 10.8 Å². The number of carboxylic acid groups (broad SMARTS) is 1. The molecule has 0 unspecified atom stereocenters. The highest BCUT2D eigenvalue weighted by Crippen LogP contribution is 2.06. The molecule has 0 aliphatic carbocycles. The van der Waals surface area contributed by atoms with Crippen LogP contribution in [0.25, 0.3) is 0 Å². The number of pyridine rings is 1. The van der Waals surface area contributed by atoms with E-state index >= 15 is 0 Å². The molecular weight excluding hydrogens is 174 g/mol. The van der Waals surface area contributed by atoms with Crippen LogP contribution in [0.4, 0.5) is 11.5 Å². The Labute approximate surface area is 73.4 Å². The fourth-order valence-corrected chi connectivity index (χ4v) is 0.664. The molecule has 6 nitrogen and oxygen atoms in total. The van der Waals surface area contributed by atoms with Crippen LogP contribution in [0.5, 0.6) is 0 Å². The molecule has 6 heteroatoms. The van der Waals surface area contributed by atoms with Gasteiger partial charge in [-0.2, -0.15) is 0 Å². The summed E-state index contributed by atoms with van der Waals surface area (Å²) in [5, 5.41) is 10.4. The molecule has 1 aromatic heterocycles. The quantitative estimate of drug-likeness (QED) is 0.515. The fraction of sp³-hybridized carbons (Fsp3) is 0. The lowest BCUT2D eigenvalue weighted by molar-refractivity contribution is -0.147. The summed E-state index contributed by atoms with van der Waals surface area (Å²) in [5.74, 6) is -2.35. The van der Waals surface area contributed by atoms with Gasteiger partial charge < -0.3 is 16.2 Å². The third-order valence-corrected chi connectivity index (χ3v) is 1.24. The summed E-state index contributed by atoms with van der Waals surface area (Å²) in [7, 11) is 0. The highest BCUT2D eigenvalue weighted by atomic mass is 16.4. The smallest absolute Gasteiger partial charge is 0.394 e. The highest BCUT2D eigenvalue weighted by Gasteiger charge is 2.10. The van der Waals surface area contributed by atoms with Gasteiger partial charge in [-0.1, -0.05) is 0 Å². The molecule has 1 amide bonds. The summed E-state index contributed by atoms with van der Waals surface area (Å²) in [6, 6.07) is 2.92. The molecule has 0 atom stereocenters. The molecule has 0 aliphatic heterocycles. The topological polar surface area (TPSA) is 105 Å². The first-order valence-electron chi connectivity index (χ1n) is 3.35. The van der Waals surface area contributed by atoms with E-state index in [0.29, 0.717) is 11.5 Å². The van der Waals surface area contributed by atoms with Gasteiger partial charge in [0.2, 0.25) is 0 Å². The third-order valence-electron chi connectivity index (χ3n) is 1.24. The maximum Gasteiger partial charge on any atom is 0.394 e. The number of hydrogen-bond donors (Lipinski definition) is 3. The van der Waals surface area contributed by atoms with Crippen LogP contribution in [0.3, 0.4) is 0 Å². The molecule has 0 saturated carbocycles. The van der Waals surface area contributed by atoms with E-state index < -0.39 is 11.9 Å². The Hall–Kier alpha value is -2.11. The van der Waals surface area contributed by atoms with E-state index in [1.165, 1.54) is 18.3 Å². The number of nitrogens with two attached hydrogens (primary N) is 1. The van der Waals surface area contributed by atoms with Gasteiger partial charge in [0, 0.05) is 0 Å². The zero-order valence-electron chi connectivity index (χ0n) is 6.52. The van der Waals surface area contributed by atoms with Crippen LogP contribution >= 0.6 is 0 Å². The lowest BCUT2D eigenvalue weighted by Gasteiger charge is -2.00. The first kappa shape index (κ1) is 8.98. The highest BCUT2D eigenvalue weighted by molar-refractivity contribution is 6.36. The predicted molar refractivity (Wildman–Crippen MR) is 44.9 cm³/mol. The van der Waals surface area contributed by atoms with E-state index in [9.17, 15) is 9.59 Å². The van der Waals surface area contributed by atoms with Gasteiger partial charge in [0.05, 0.1) is 11.9 Å². The minimum absolute atomic E-state index is 0.293. The number of anilines is 2. The molecule has 68 valence electrons. The number of hydrogen-bond acceptors (Lipinski definition) is 4. The second kappa shape index (κ2) is 3.53. The number of aromatic nitrogens is 1. The zero-order valence-corrected chi connectivity index (χ0v) is 6.52. The van der Waals surface area contributed by atoms with Gasteiger partial charge in [-0.15, -0.1) is 0 Å². The summed E-state index contributed by atoms with van der Waals surface area (Å²) in [4.78, 5) is 24.4. The zero-order chi connectivity index (χ0) is 9.84. The maximum atomic E-state index is 10.6. The standard InChI is InChI=1S/C7H7N3O3/c8-5-2-1-4(3-9-5)10-6(11)7(12)13/h1-3H,(H2,8,9)(H,10,11)(H,12,13). The number of nitrogens with zero attached hydrogens (tertiary/aromatic N) is 1. The number of carbonyl (C=O) groups excluding carboxylic acids is 1. The Morgan fingerprint density at radius 1 is 1.46 bits per heavy atom. The Bertz CT molecular complexity index is 333. The molecule has 0 fully saturated rings. The Morgan fingerprint density at radius 3 is 2.62 bits per heavy atom. The average Bonchev–Trinajstić information content (AvgIpc) is 2.08. The van der Waals surface area contributed by atoms with E-state index in [2.05, 4.69) is 10.3 Å². The van der Waals surface area contributed by atoms with Crippen LogP contribution in [0.1, 0.15) is 0 Å². The normalized spacial score (nSPS) is 9.23. The number of rotatable bonds is 1. The summed E-state index contributed by atoms with van der Waals surface area (Å²) in [6.45, 7) is 0. The molecule has 1 heterocycles. The van der Waals surface area contributed by atoms with E-state index in [1.54, 1.807) is 0 Å². The number of carboxylic acids is 1. The minimum atomic E-state index is -1.54. The first-order chi connectivity index (χ1) is 6.09. The molecule has 4 N–H and O–H groups in total. The first-order valence-corrected chi connectivity index (χ1v) is 3.35. The van der Waals surface area contributed by atoms with Crippen molar-refractivity contribution < 1.29 is 14.7 Å². The Balaban J connectivity index is 2.70. The van der Waals surface area contributed by atoms with Gasteiger partial charge in [-0.25, -0.2) is 9.78 Å². The molecule has 1 rings (SSSR count). The Kier molecular flexibility index (Phi) is 2.44. The number of nitrogen functional groups attached to an aromatic ring is 1. The van der Waals surface area contributed by atoms with Crippen LogP contribution in [-0.4, -0.2) is 22.0 Å². The number of nitrogens with one attached hydrogen (secondary N) is 1. The van der Waals surface area contributed by atoms with Gasteiger partial charge in [-0.3, -0.25) is 4.79 Å². The Morgan fingerprint density at radius 2 is 2.15 bits per heavy atom. The molecular formula is C7H7N3O3. The predicted octanol–water partition coefficient (Wildman–Crippen LogP) is -0.313. The summed E-state index contributed by atoms with van der Waals surface area (Å²) < 4.78 is 0. The van der Waals surface area contributed by atoms with Crippen molar-refractivity contribution in [3.8, 4) is 0 Å². The summed E-state index contributed by atoms with van der Waals surface area (Å²) in [5.41, 5.74) is 5.57. The third kappa shape index (κ3) is 2.44.